The predicted molar refractivity (Wildman–Crippen MR) is 102 cm³/mol. The van der Waals surface area contributed by atoms with Crippen molar-refractivity contribution in [2.24, 2.45) is 0 Å². The highest BCUT2D eigenvalue weighted by Gasteiger charge is 2.27. The number of carbonyl (C=O) groups is 1. The van der Waals surface area contributed by atoms with Gasteiger partial charge in [-0.05, 0) is 56.5 Å². The van der Waals surface area contributed by atoms with Crippen LogP contribution in [-0.4, -0.2) is 35.3 Å². The van der Waals surface area contributed by atoms with Gasteiger partial charge in [0, 0.05) is 31.0 Å². The van der Waals surface area contributed by atoms with Gasteiger partial charge in [0.2, 0.25) is 5.28 Å². The molecular weight excluding hydrogens is 352 g/mol. The van der Waals surface area contributed by atoms with Crippen LogP contribution in [0.4, 0.5) is 10.5 Å². The van der Waals surface area contributed by atoms with Crippen LogP contribution in [0.2, 0.25) is 5.28 Å². The summed E-state index contributed by atoms with van der Waals surface area (Å²) in [6.07, 6.45) is 2.06. The van der Waals surface area contributed by atoms with Crippen LogP contribution < -0.4 is 10.2 Å². The largest absolute Gasteiger partial charge is 0.444 e. The minimum absolute atomic E-state index is 0.0842. The van der Waals surface area contributed by atoms with Gasteiger partial charge < -0.3 is 15.0 Å². The molecule has 2 aromatic rings. The molecule has 0 radical (unpaired) electrons. The molecule has 0 fully saturated rings. The van der Waals surface area contributed by atoms with Crippen LogP contribution in [0.25, 0.3) is 11.3 Å². The maximum absolute atomic E-state index is 12.2. The van der Waals surface area contributed by atoms with Crippen LogP contribution in [0.1, 0.15) is 38.8 Å². The van der Waals surface area contributed by atoms with Crippen LogP contribution in [0.5, 0.6) is 0 Å². The Bertz CT molecular complexity index is 819. The summed E-state index contributed by atoms with van der Waals surface area (Å²) in [6.45, 7) is 6.40. The summed E-state index contributed by atoms with van der Waals surface area (Å²) in [5.41, 5.74) is 3.33. The number of alkyl carbamates (subject to hydrolysis) is 1. The van der Waals surface area contributed by atoms with Crippen LogP contribution in [0.3, 0.4) is 0 Å². The quantitative estimate of drug-likeness (QED) is 0.798. The molecule has 7 heteroatoms. The maximum atomic E-state index is 12.2. The Hall–Kier alpha value is -2.34. The Morgan fingerprint density at radius 2 is 2.12 bits per heavy atom. The molecule has 2 heterocycles. The summed E-state index contributed by atoms with van der Waals surface area (Å²) in [5, 5.41) is 3.21. The van der Waals surface area contributed by atoms with Crippen LogP contribution in [-0.2, 0) is 4.74 Å². The number of aromatic nitrogens is 2. The molecule has 0 spiro atoms. The Morgan fingerprint density at radius 3 is 2.81 bits per heavy atom. The van der Waals surface area contributed by atoms with Crippen LogP contribution in [0, 0.1) is 0 Å². The van der Waals surface area contributed by atoms with E-state index >= 15 is 0 Å². The molecular formula is C19H23ClN4O2. The Labute approximate surface area is 158 Å². The van der Waals surface area contributed by atoms with E-state index in [4.69, 9.17) is 16.3 Å². The third kappa shape index (κ3) is 4.25. The Balaban J connectivity index is 1.87. The fourth-order valence-electron chi connectivity index (χ4n) is 3.02. The molecule has 1 unspecified atom stereocenters. The molecule has 0 saturated heterocycles. The number of fused-ring (bicyclic) bond motifs is 1. The van der Waals surface area contributed by atoms with Crippen molar-refractivity contribution in [2.75, 3.05) is 18.5 Å². The Kier molecular flexibility index (Phi) is 5.05. The second-order valence-corrected chi connectivity index (χ2v) is 7.73. The summed E-state index contributed by atoms with van der Waals surface area (Å²) < 4.78 is 5.39. The first kappa shape index (κ1) is 18.5. The van der Waals surface area contributed by atoms with E-state index in [0.717, 1.165) is 35.5 Å². The number of nitrogens with one attached hydrogen (secondary N) is 1. The molecule has 3 rings (SSSR count). The van der Waals surface area contributed by atoms with Crippen LogP contribution >= 0.6 is 11.6 Å². The lowest BCUT2D eigenvalue weighted by molar-refractivity contribution is 0.0500. The average Bonchev–Trinajstić information content (AvgIpc) is 2.55. The van der Waals surface area contributed by atoms with E-state index in [2.05, 4.69) is 26.3 Å². The number of nitrogens with zero attached hydrogens (tertiary/aromatic N) is 3. The number of hydrogen-bond donors (Lipinski definition) is 1. The summed E-state index contributed by atoms with van der Waals surface area (Å²) in [6, 6.07) is 7.82. The average molecular weight is 375 g/mol. The SMILES string of the molecule is CN1CCC(NC(=O)OC(C)(C)C)c2ccc(-c3ccnc(Cl)n3)cc21. The highest BCUT2D eigenvalue weighted by Crippen LogP contribution is 2.36. The summed E-state index contributed by atoms with van der Waals surface area (Å²) >= 11 is 5.91. The smallest absolute Gasteiger partial charge is 0.408 e. The number of benzene rings is 1. The fourth-order valence-corrected chi connectivity index (χ4v) is 3.17. The molecule has 1 aromatic heterocycles. The van der Waals surface area contributed by atoms with Gasteiger partial charge in [-0.3, -0.25) is 0 Å². The molecule has 1 aliphatic rings. The zero-order valence-corrected chi connectivity index (χ0v) is 16.2. The van der Waals surface area contributed by atoms with E-state index in [9.17, 15) is 4.79 Å². The van der Waals surface area contributed by atoms with Gasteiger partial charge in [0.1, 0.15) is 5.60 Å². The minimum Gasteiger partial charge on any atom is -0.444 e. The molecule has 138 valence electrons. The molecule has 6 nitrogen and oxygen atoms in total. The number of amides is 1. The standard InChI is InChI=1S/C19H23ClN4O2/c1-19(2,3)26-18(25)23-15-8-10-24(4)16-11-12(5-6-13(15)16)14-7-9-21-17(20)22-14/h5-7,9,11,15H,8,10H2,1-4H3,(H,23,25). The van der Waals surface area contributed by atoms with E-state index < -0.39 is 11.7 Å². The predicted octanol–water partition coefficient (Wildman–Crippen LogP) is 4.20. The van der Waals surface area contributed by atoms with E-state index in [1.165, 1.54) is 0 Å². The zero-order valence-electron chi connectivity index (χ0n) is 15.4. The lowest BCUT2D eigenvalue weighted by Gasteiger charge is -2.34. The Morgan fingerprint density at radius 1 is 1.35 bits per heavy atom. The van der Waals surface area contributed by atoms with E-state index in [0.29, 0.717) is 0 Å². The number of rotatable bonds is 2. The van der Waals surface area contributed by atoms with Crippen LogP contribution in [0.15, 0.2) is 30.5 Å². The minimum atomic E-state index is -0.519. The zero-order chi connectivity index (χ0) is 18.9. The third-order valence-electron chi connectivity index (χ3n) is 4.18. The number of ether oxygens (including phenoxy) is 1. The number of halogens is 1. The van der Waals surface area contributed by atoms with Crippen molar-refractivity contribution in [2.45, 2.75) is 38.8 Å². The highest BCUT2D eigenvalue weighted by atomic mass is 35.5. The van der Waals surface area contributed by atoms with Crippen molar-refractivity contribution >= 4 is 23.4 Å². The normalized spacial score (nSPS) is 16.8. The first-order chi connectivity index (χ1) is 12.2. The molecule has 0 aliphatic carbocycles. The molecule has 1 atom stereocenters. The first-order valence-electron chi connectivity index (χ1n) is 8.56. The van der Waals surface area contributed by atoms with Crippen molar-refractivity contribution in [3.63, 3.8) is 0 Å². The van der Waals surface area contributed by atoms with Gasteiger partial charge in [-0.1, -0.05) is 12.1 Å². The van der Waals surface area contributed by atoms with Gasteiger partial charge in [0.25, 0.3) is 0 Å². The summed E-state index contributed by atoms with van der Waals surface area (Å²) in [5.74, 6) is 0. The van der Waals surface area contributed by atoms with Crippen molar-refractivity contribution in [3.8, 4) is 11.3 Å². The summed E-state index contributed by atoms with van der Waals surface area (Å²) in [7, 11) is 2.04. The second-order valence-electron chi connectivity index (χ2n) is 7.39. The molecule has 0 saturated carbocycles. The van der Waals surface area contributed by atoms with Gasteiger partial charge in [-0.2, -0.15) is 0 Å². The van der Waals surface area contributed by atoms with E-state index in [1.54, 1.807) is 6.20 Å². The van der Waals surface area contributed by atoms with Gasteiger partial charge in [-0.15, -0.1) is 0 Å². The van der Waals surface area contributed by atoms with E-state index in [-0.39, 0.29) is 11.3 Å². The fraction of sp³-hybridized carbons (Fsp3) is 0.421. The lowest BCUT2D eigenvalue weighted by atomic mass is 9.94. The van der Waals surface area contributed by atoms with Crippen molar-refractivity contribution in [1.29, 1.82) is 0 Å². The molecule has 1 amide bonds. The number of hydrogen-bond acceptors (Lipinski definition) is 5. The topological polar surface area (TPSA) is 67.4 Å². The second kappa shape index (κ2) is 7.11. The third-order valence-corrected chi connectivity index (χ3v) is 4.37. The van der Waals surface area contributed by atoms with Crippen molar-refractivity contribution in [3.05, 3.63) is 41.3 Å². The molecule has 1 aromatic carbocycles. The highest BCUT2D eigenvalue weighted by molar-refractivity contribution is 6.28. The first-order valence-corrected chi connectivity index (χ1v) is 8.94. The number of anilines is 1. The maximum Gasteiger partial charge on any atom is 0.408 e. The lowest BCUT2D eigenvalue weighted by Crippen LogP contribution is -2.39. The monoisotopic (exact) mass is 374 g/mol. The number of carbonyl (C=O) groups excluding carboxylic acids is 1. The molecule has 1 N–H and O–H groups in total. The van der Waals surface area contributed by atoms with Gasteiger partial charge in [0.15, 0.2) is 0 Å². The van der Waals surface area contributed by atoms with E-state index in [1.807, 2.05) is 46.0 Å². The molecule has 1 aliphatic heterocycles. The van der Waals surface area contributed by atoms with Crippen molar-refractivity contribution < 1.29 is 9.53 Å². The van der Waals surface area contributed by atoms with Gasteiger partial charge in [-0.25, -0.2) is 14.8 Å². The molecule has 26 heavy (non-hydrogen) atoms. The van der Waals surface area contributed by atoms with Crippen molar-refractivity contribution in [1.82, 2.24) is 15.3 Å². The molecule has 0 bridgehead atoms. The summed E-state index contributed by atoms with van der Waals surface area (Å²) in [4.78, 5) is 22.5. The van der Waals surface area contributed by atoms with Gasteiger partial charge >= 0.3 is 6.09 Å². The van der Waals surface area contributed by atoms with Gasteiger partial charge in [0.05, 0.1) is 11.7 Å².